The quantitative estimate of drug-likeness (QED) is 0.702. The minimum atomic E-state index is -0.0262. The van der Waals surface area contributed by atoms with Gasteiger partial charge in [-0.3, -0.25) is 20.5 Å². The summed E-state index contributed by atoms with van der Waals surface area (Å²) < 4.78 is 0. The van der Waals surface area contributed by atoms with Gasteiger partial charge in [0.1, 0.15) is 5.82 Å². The number of hydrazine groups is 1. The summed E-state index contributed by atoms with van der Waals surface area (Å²) >= 11 is 0. The molecule has 3 heterocycles. The monoisotopic (exact) mass is 289 g/mol. The normalized spacial score (nSPS) is 27.3. The molecule has 6 nitrogen and oxygen atoms in total. The summed E-state index contributed by atoms with van der Waals surface area (Å²) in [6, 6.07) is 5.53. The summed E-state index contributed by atoms with van der Waals surface area (Å²) in [4.78, 5) is 18.5. The number of nitrogens with zero attached hydrogens (tertiary/aromatic N) is 2. The second-order valence-corrected chi connectivity index (χ2v) is 6.45. The standard InChI is InChI=1S/C15H23N5O/c1-15(2)12-8-16-7-11(12)9-20(15)10-14(21)19-18-13-5-3-4-6-17-13/h3-6,11-12,16H,7-10H2,1-2H3,(H,17,18)(H,19,21). The number of nitrogens with one attached hydrogen (secondary N) is 3. The minimum absolute atomic E-state index is 0.0262. The lowest BCUT2D eigenvalue weighted by molar-refractivity contribution is -0.122. The van der Waals surface area contributed by atoms with Crippen LogP contribution in [0.25, 0.3) is 0 Å². The highest BCUT2D eigenvalue weighted by Gasteiger charge is 2.49. The first-order valence-electron chi connectivity index (χ1n) is 7.49. The second-order valence-electron chi connectivity index (χ2n) is 6.45. The van der Waals surface area contributed by atoms with E-state index >= 15 is 0 Å². The van der Waals surface area contributed by atoms with Crippen LogP contribution < -0.4 is 16.2 Å². The van der Waals surface area contributed by atoms with Crippen molar-refractivity contribution in [3.8, 4) is 0 Å². The van der Waals surface area contributed by atoms with Crippen LogP contribution in [0.4, 0.5) is 5.82 Å². The first-order chi connectivity index (χ1) is 10.1. The molecule has 0 bridgehead atoms. The number of likely N-dealkylation sites (tertiary alicyclic amines) is 1. The predicted octanol–water partition coefficient (Wildman–Crippen LogP) is 0.455. The SMILES string of the molecule is CC1(C)C2CNCC2CN1CC(=O)NNc1ccccn1. The molecule has 3 N–H and O–H groups in total. The Kier molecular flexibility index (Phi) is 3.82. The zero-order chi connectivity index (χ0) is 14.9. The van der Waals surface area contributed by atoms with Crippen LogP contribution in [0.15, 0.2) is 24.4 Å². The van der Waals surface area contributed by atoms with Crippen LogP contribution in [-0.2, 0) is 4.79 Å². The van der Waals surface area contributed by atoms with Gasteiger partial charge in [-0.25, -0.2) is 4.98 Å². The average Bonchev–Trinajstić information content (AvgIpc) is 3.02. The van der Waals surface area contributed by atoms with Crippen molar-refractivity contribution >= 4 is 11.7 Å². The van der Waals surface area contributed by atoms with Crippen LogP contribution in [0.5, 0.6) is 0 Å². The third kappa shape index (κ3) is 2.87. The van der Waals surface area contributed by atoms with Crippen LogP contribution in [-0.4, -0.2) is 47.5 Å². The van der Waals surface area contributed by atoms with E-state index in [9.17, 15) is 4.79 Å². The minimum Gasteiger partial charge on any atom is -0.316 e. The van der Waals surface area contributed by atoms with Crippen LogP contribution in [0, 0.1) is 11.8 Å². The number of carbonyl (C=O) groups excluding carboxylic acids is 1. The molecule has 2 unspecified atom stereocenters. The average molecular weight is 289 g/mol. The molecule has 6 heteroatoms. The number of pyridine rings is 1. The van der Waals surface area contributed by atoms with Crippen molar-refractivity contribution in [3.05, 3.63) is 24.4 Å². The fourth-order valence-corrected chi connectivity index (χ4v) is 3.56. The topological polar surface area (TPSA) is 69.3 Å². The van der Waals surface area contributed by atoms with Gasteiger partial charge >= 0.3 is 0 Å². The smallest absolute Gasteiger partial charge is 0.252 e. The summed E-state index contributed by atoms with van der Waals surface area (Å²) in [5.74, 6) is 1.92. The Morgan fingerprint density at radius 2 is 2.33 bits per heavy atom. The summed E-state index contributed by atoms with van der Waals surface area (Å²) in [6.07, 6.45) is 1.69. The molecule has 0 spiro atoms. The molecule has 2 saturated heterocycles. The van der Waals surface area contributed by atoms with Crippen molar-refractivity contribution in [1.29, 1.82) is 0 Å². The Bertz CT molecular complexity index is 504. The molecule has 114 valence electrons. The maximum absolute atomic E-state index is 12.1. The van der Waals surface area contributed by atoms with Crippen molar-refractivity contribution in [1.82, 2.24) is 20.6 Å². The number of fused-ring (bicyclic) bond motifs is 1. The van der Waals surface area contributed by atoms with Crippen molar-refractivity contribution in [2.45, 2.75) is 19.4 Å². The molecule has 2 atom stereocenters. The zero-order valence-corrected chi connectivity index (χ0v) is 12.6. The van der Waals surface area contributed by atoms with E-state index in [2.05, 4.69) is 39.9 Å². The Balaban J connectivity index is 1.53. The molecule has 2 aliphatic rings. The van der Waals surface area contributed by atoms with E-state index in [0.717, 1.165) is 19.6 Å². The molecule has 2 aliphatic heterocycles. The number of aromatic nitrogens is 1. The van der Waals surface area contributed by atoms with Gasteiger partial charge in [0.15, 0.2) is 0 Å². The molecular formula is C15H23N5O. The first kappa shape index (κ1) is 14.3. The Morgan fingerprint density at radius 3 is 3.05 bits per heavy atom. The zero-order valence-electron chi connectivity index (χ0n) is 12.6. The highest BCUT2D eigenvalue weighted by Crippen LogP contribution is 2.40. The lowest BCUT2D eigenvalue weighted by Crippen LogP contribution is -2.49. The molecule has 0 aromatic carbocycles. The van der Waals surface area contributed by atoms with E-state index in [-0.39, 0.29) is 11.4 Å². The molecule has 3 rings (SSSR count). The van der Waals surface area contributed by atoms with Gasteiger partial charge in [0.05, 0.1) is 6.54 Å². The third-order valence-electron chi connectivity index (χ3n) is 4.85. The lowest BCUT2D eigenvalue weighted by Gasteiger charge is -2.35. The van der Waals surface area contributed by atoms with Crippen LogP contribution in [0.2, 0.25) is 0 Å². The van der Waals surface area contributed by atoms with Gasteiger partial charge in [0, 0.05) is 24.8 Å². The number of hydrogen-bond acceptors (Lipinski definition) is 5. The summed E-state index contributed by atoms with van der Waals surface area (Å²) in [5, 5.41) is 3.45. The Morgan fingerprint density at radius 1 is 1.48 bits per heavy atom. The second kappa shape index (κ2) is 5.61. The number of amides is 1. The molecule has 1 aromatic heterocycles. The van der Waals surface area contributed by atoms with Crippen molar-refractivity contribution in [2.75, 3.05) is 31.6 Å². The molecule has 2 fully saturated rings. The van der Waals surface area contributed by atoms with Gasteiger partial charge in [-0.15, -0.1) is 0 Å². The van der Waals surface area contributed by atoms with E-state index in [1.807, 2.05) is 18.2 Å². The van der Waals surface area contributed by atoms with Crippen LogP contribution in [0.3, 0.4) is 0 Å². The highest BCUT2D eigenvalue weighted by atomic mass is 16.2. The van der Waals surface area contributed by atoms with E-state index in [4.69, 9.17) is 0 Å². The molecule has 1 aromatic rings. The summed E-state index contributed by atoms with van der Waals surface area (Å²) in [6.45, 7) is 8.01. The van der Waals surface area contributed by atoms with Gasteiger partial charge in [-0.1, -0.05) is 6.07 Å². The molecule has 0 saturated carbocycles. The van der Waals surface area contributed by atoms with E-state index in [1.165, 1.54) is 0 Å². The molecule has 0 radical (unpaired) electrons. The van der Waals surface area contributed by atoms with Gasteiger partial charge in [-0.05, 0) is 44.4 Å². The molecule has 21 heavy (non-hydrogen) atoms. The number of hydrogen-bond donors (Lipinski definition) is 3. The molecule has 0 aliphatic carbocycles. The van der Waals surface area contributed by atoms with E-state index in [1.54, 1.807) is 6.20 Å². The molecular weight excluding hydrogens is 266 g/mol. The van der Waals surface area contributed by atoms with E-state index < -0.39 is 0 Å². The van der Waals surface area contributed by atoms with E-state index in [0.29, 0.717) is 24.2 Å². The predicted molar refractivity (Wildman–Crippen MR) is 81.5 cm³/mol. The fourth-order valence-electron chi connectivity index (χ4n) is 3.56. The van der Waals surface area contributed by atoms with Gasteiger partial charge in [-0.2, -0.15) is 0 Å². The third-order valence-corrected chi connectivity index (χ3v) is 4.85. The first-order valence-corrected chi connectivity index (χ1v) is 7.49. The van der Waals surface area contributed by atoms with Crippen molar-refractivity contribution in [3.63, 3.8) is 0 Å². The Hall–Kier alpha value is -1.66. The van der Waals surface area contributed by atoms with Gasteiger partial charge in [0.25, 0.3) is 5.91 Å². The highest BCUT2D eigenvalue weighted by molar-refractivity contribution is 5.79. The van der Waals surface area contributed by atoms with Crippen LogP contribution in [0.1, 0.15) is 13.8 Å². The van der Waals surface area contributed by atoms with Crippen molar-refractivity contribution < 1.29 is 4.79 Å². The Labute approximate surface area is 125 Å². The maximum Gasteiger partial charge on any atom is 0.252 e. The van der Waals surface area contributed by atoms with Crippen molar-refractivity contribution in [2.24, 2.45) is 11.8 Å². The largest absolute Gasteiger partial charge is 0.316 e. The fraction of sp³-hybridized carbons (Fsp3) is 0.600. The lowest BCUT2D eigenvalue weighted by atomic mass is 9.85. The van der Waals surface area contributed by atoms with Crippen LogP contribution >= 0.6 is 0 Å². The number of rotatable bonds is 4. The maximum atomic E-state index is 12.1. The van der Waals surface area contributed by atoms with Gasteiger partial charge in [0.2, 0.25) is 0 Å². The summed E-state index contributed by atoms with van der Waals surface area (Å²) in [5.41, 5.74) is 5.63. The van der Waals surface area contributed by atoms with Gasteiger partial charge < -0.3 is 5.32 Å². The number of carbonyl (C=O) groups is 1. The summed E-state index contributed by atoms with van der Waals surface area (Å²) in [7, 11) is 0. The number of anilines is 1. The molecule has 1 amide bonds.